The summed E-state index contributed by atoms with van der Waals surface area (Å²) in [5, 5.41) is 8.25. The first-order valence-electron chi connectivity index (χ1n) is 8.92. The summed E-state index contributed by atoms with van der Waals surface area (Å²) in [5.41, 5.74) is 3.98. The quantitative estimate of drug-likeness (QED) is 0.881. The van der Waals surface area contributed by atoms with E-state index in [1.54, 1.807) is 4.90 Å². The molecule has 1 N–H and O–H groups in total. The zero-order chi connectivity index (χ0) is 18.3. The average Bonchev–Trinajstić information content (AvgIpc) is 3.28. The molecule has 1 aromatic carbocycles. The summed E-state index contributed by atoms with van der Waals surface area (Å²) in [6.07, 6.45) is 2.38. The molecule has 0 unspecified atom stereocenters. The predicted molar refractivity (Wildman–Crippen MR) is 98.6 cm³/mol. The van der Waals surface area contributed by atoms with Gasteiger partial charge in [-0.3, -0.25) is 14.7 Å². The molecule has 0 saturated carbocycles. The van der Waals surface area contributed by atoms with Crippen molar-refractivity contribution >= 4 is 23.4 Å². The Balaban J connectivity index is 1.58. The van der Waals surface area contributed by atoms with Crippen LogP contribution in [0.5, 0.6) is 0 Å². The van der Waals surface area contributed by atoms with Crippen LogP contribution in [0.1, 0.15) is 31.0 Å². The zero-order valence-corrected chi connectivity index (χ0v) is 15.4. The van der Waals surface area contributed by atoms with Crippen molar-refractivity contribution in [3.63, 3.8) is 0 Å². The molecule has 0 bridgehead atoms. The molecule has 1 saturated heterocycles. The number of amides is 2. The smallest absolute Gasteiger partial charge is 0.245 e. The summed E-state index contributed by atoms with van der Waals surface area (Å²) in [7, 11) is 0. The third-order valence-electron chi connectivity index (χ3n) is 5.31. The number of likely N-dealkylation sites (tertiary alicyclic amines) is 1. The zero-order valence-electron chi connectivity index (χ0n) is 14.7. The highest BCUT2D eigenvalue weighted by atomic mass is 35.5. The van der Waals surface area contributed by atoms with E-state index >= 15 is 0 Å². The number of nitrogens with one attached hydrogen (secondary N) is 1. The monoisotopic (exact) mass is 372 g/mol. The Morgan fingerprint density at radius 3 is 2.73 bits per heavy atom. The number of carbonyl (C=O) groups excluding carboxylic acids is 2. The van der Waals surface area contributed by atoms with Gasteiger partial charge in [0.2, 0.25) is 11.8 Å². The fraction of sp³-hybridized carbons (Fsp3) is 0.421. The van der Waals surface area contributed by atoms with Crippen LogP contribution in [0.4, 0.5) is 0 Å². The van der Waals surface area contributed by atoms with Crippen LogP contribution in [0.2, 0.25) is 5.02 Å². The number of benzene rings is 1. The molecular weight excluding hydrogens is 352 g/mol. The number of H-pyrrole nitrogens is 1. The molecule has 4 rings (SSSR count). The number of aromatic nitrogens is 2. The van der Waals surface area contributed by atoms with Crippen LogP contribution in [0.3, 0.4) is 0 Å². The van der Waals surface area contributed by atoms with E-state index in [4.69, 9.17) is 11.6 Å². The maximum atomic E-state index is 13.0. The third kappa shape index (κ3) is 2.98. The summed E-state index contributed by atoms with van der Waals surface area (Å²) in [6.45, 7) is 3.38. The lowest BCUT2D eigenvalue weighted by molar-refractivity contribution is -0.143. The lowest BCUT2D eigenvalue weighted by Gasteiger charge is -2.32. The molecule has 2 aliphatic heterocycles. The second-order valence-corrected chi connectivity index (χ2v) is 7.35. The van der Waals surface area contributed by atoms with Crippen molar-refractivity contribution in [3.8, 4) is 11.3 Å². The SMILES string of the molecule is CC(=O)N1CCC[C@H]1C(=O)N1CCc2[nH]nc(-c3ccc(Cl)cc3)c2C1. The first-order chi connectivity index (χ1) is 12.5. The van der Waals surface area contributed by atoms with Gasteiger partial charge in [-0.1, -0.05) is 23.7 Å². The van der Waals surface area contributed by atoms with Gasteiger partial charge in [-0.15, -0.1) is 0 Å². The Bertz CT molecular complexity index is 846. The number of nitrogens with zero attached hydrogens (tertiary/aromatic N) is 3. The maximum absolute atomic E-state index is 13.0. The molecule has 0 spiro atoms. The molecule has 1 fully saturated rings. The molecular formula is C19H21ClN4O2. The minimum atomic E-state index is -0.320. The van der Waals surface area contributed by atoms with Crippen LogP contribution in [0.15, 0.2) is 24.3 Å². The summed E-state index contributed by atoms with van der Waals surface area (Å²) >= 11 is 5.98. The predicted octanol–water partition coefficient (Wildman–Crippen LogP) is 2.63. The fourth-order valence-electron chi connectivity index (χ4n) is 3.94. The summed E-state index contributed by atoms with van der Waals surface area (Å²) in [4.78, 5) is 28.4. The van der Waals surface area contributed by atoms with Crippen LogP contribution in [0, 0.1) is 0 Å². The average molecular weight is 373 g/mol. The third-order valence-corrected chi connectivity index (χ3v) is 5.56. The number of carbonyl (C=O) groups is 2. The van der Waals surface area contributed by atoms with Crippen molar-refractivity contribution in [1.29, 1.82) is 0 Å². The fourth-order valence-corrected chi connectivity index (χ4v) is 4.07. The van der Waals surface area contributed by atoms with Gasteiger partial charge in [0.15, 0.2) is 0 Å². The normalized spacial score (nSPS) is 19.5. The molecule has 6 nitrogen and oxygen atoms in total. The van der Waals surface area contributed by atoms with Gasteiger partial charge in [-0.05, 0) is 25.0 Å². The van der Waals surface area contributed by atoms with Crippen molar-refractivity contribution in [3.05, 3.63) is 40.5 Å². The van der Waals surface area contributed by atoms with Crippen molar-refractivity contribution in [1.82, 2.24) is 20.0 Å². The van der Waals surface area contributed by atoms with Gasteiger partial charge >= 0.3 is 0 Å². The highest BCUT2D eigenvalue weighted by molar-refractivity contribution is 6.30. The first kappa shape index (κ1) is 17.1. The van der Waals surface area contributed by atoms with Gasteiger partial charge in [-0.2, -0.15) is 5.10 Å². The molecule has 26 heavy (non-hydrogen) atoms. The number of fused-ring (bicyclic) bond motifs is 1. The maximum Gasteiger partial charge on any atom is 0.245 e. The second kappa shape index (κ2) is 6.76. The van der Waals surface area contributed by atoms with E-state index in [0.717, 1.165) is 41.8 Å². The Labute approximate surface area is 157 Å². The van der Waals surface area contributed by atoms with E-state index < -0.39 is 0 Å². The number of rotatable bonds is 2. The summed E-state index contributed by atoms with van der Waals surface area (Å²) < 4.78 is 0. The van der Waals surface area contributed by atoms with Gasteiger partial charge in [0.05, 0.1) is 5.69 Å². The second-order valence-electron chi connectivity index (χ2n) is 6.92. The van der Waals surface area contributed by atoms with Crippen LogP contribution >= 0.6 is 11.6 Å². The number of halogens is 1. The van der Waals surface area contributed by atoms with E-state index in [9.17, 15) is 9.59 Å². The molecule has 3 heterocycles. The first-order valence-corrected chi connectivity index (χ1v) is 9.30. The Kier molecular flexibility index (Phi) is 4.44. The molecule has 1 aromatic heterocycles. The number of hydrogen-bond donors (Lipinski definition) is 1. The minimum absolute atomic E-state index is 0.0243. The summed E-state index contributed by atoms with van der Waals surface area (Å²) in [5.74, 6) is 0.0234. The number of aromatic amines is 1. The van der Waals surface area contributed by atoms with Crippen LogP contribution in [-0.2, 0) is 22.6 Å². The van der Waals surface area contributed by atoms with Gasteiger partial charge in [0.25, 0.3) is 0 Å². The van der Waals surface area contributed by atoms with E-state index in [1.165, 1.54) is 6.92 Å². The molecule has 0 aliphatic carbocycles. The van der Waals surface area contributed by atoms with Gasteiger partial charge < -0.3 is 9.80 Å². The topological polar surface area (TPSA) is 69.3 Å². The molecule has 2 aliphatic rings. The Hall–Kier alpha value is -2.34. The van der Waals surface area contributed by atoms with Gasteiger partial charge in [0, 0.05) is 54.8 Å². The largest absolute Gasteiger partial charge is 0.336 e. The standard InChI is InChI=1S/C19H21ClN4O2/c1-12(25)24-9-2-3-17(24)19(26)23-10-8-16-15(11-23)18(22-21-16)13-4-6-14(20)7-5-13/h4-7,17H,2-3,8-11H2,1H3,(H,21,22)/t17-/m0/s1. The van der Waals surface area contributed by atoms with Crippen LogP contribution in [-0.4, -0.2) is 50.9 Å². The number of hydrogen-bond acceptors (Lipinski definition) is 3. The van der Waals surface area contributed by atoms with Crippen molar-refractivity contribution in [2.24, 2.45) is 0 Å². The highest BCUT2D eigenvalue weighted by Gasteiger charge is 2.36. The lowest BCUT2D eigenvalue weighted by Crippen LogP contribution is -2.48. The Morgan fingerprint density at radius 2 is 2.00 bits per heavy atom. The molecule has 7 heteroatoms. The highest BCUT2D eigenvalue weighted by Crippen LogP contribution is 2.30. The minimum Gasteiger partial charge on any atom is -0.336 e. The molecule has 1 atom stereocenters. The van der Waals surface area contributed by atoms with E-state index in [2.05, 4.69) is 10.2 Å². The summed E-state index contributed by atoms with van der Waals surface area (Å²) in [6, 6.07) is 7.24. The van der Waals surface area contributed by atoms with Crippen molar-refractivity contribution in [2.75, 3.05) is 13.1 Å². The van der Waals surface area contributed by atoms with E-state index in [0.29, 0.717) is 24.7 Å². The molecule has 2 amide bonds. The molecule has 0 radical (unpaired) electrons. The van der Waals surface area contributed by atoms with E-state index in [-0.39, 0.29) is 17.9 Å². The van der Waals surface area contributed by atoms with Crippen molar-refractivity contribution < 1.29 is 9.59 Å². The van der Waals surface area contributed by atoms with Crippen LogP contribution in [0.25, 0.3) is 11.3 Å². The van der Waals surface area contributed by atoms with Crippen LogP contribution < -0.4 is 0 Å². The lowest BCUT2D eigenvalue weighted by atomic mass is 10.00. The van der Waals surface area contributed by atoms with Gasteiger partial charge in [0.1, 0.15) is 6.04 Å². The van der Waals surface area contributed by atoms with Gasteiger partial charge in [-0.25, -0.2) is 0 Å². The molecule has 2 aromatic rings. The molecule has 136 valence electrons. The van der Waals surface area contributed by atoms with Crippen molar-refractivity contribution in [2.45, 2.75) is 38.8 Å². The Morgan fingerprint density at radius 1 is 1.23 bits per heavy atom. The van der Waals surface area contributed by atoms with E-state index in [1.807, 2.05) is 29.2 Å².